The molecule has 0 atom stereocenters. The van der Waals surface area contributed by atoms with E-state index in [1.54, 1.807) is 0 Å². The van der Waals surface area contributed by atoms with Crippen molar-refractivity contribution in [2.75, 3.05) is 13.1 Å². The van der Waals surface area contributed by atoms with Crippen LogP contribution >= 0.6 is 0 Å². The molecule has 0 N–H and O–H groups in total. The zero-order chi connectivity index (χ0) is 17.4. The van der Waals surface area contributed by atoms with E-state index < -0.39 is 0 Å². The minimum atomic E-state index is 0.173. The first-order valence-electron chi connectivity index (χ1n) is 9.08. The van der Waals surface area contributed by atoms with Crippen molar-refractivity contribution in [3.8, 4) is 0 Å². The van der Waals surface area contributed by atoms with Crippen molar-refractivity contribution in [3.63, 3.8) is 0 Å². The molecular formula is C22H24N2O. The Labute approximate surface area is 148 Å². The van der Waals surface area contributed by atoms with E-state index >= 15 is 0 Å². The lowest BCUT2D eigenvalue weighted by Crippen LogP contribution is -2.27. The maximum atomic E-state index is 12.7. The van der Waals surface area contributed by atoms with Gasteiger partial charge < -0.3 is 9.47 Å². The highest BCUT2D eigenvalue weighted by molar-refractivity contribution is 5.99. The van der Waals surface area contributed by atoms with Crippen LogP contribution in [0.2, 0.25) is 0 Å². The third-order valence-corrected chi connectivity index (χ3v) is 5.46. The van der Waals surface area contributed by atoms with E-state index in [0.717, 1.165) is 38.0 Å². The Morgan fingerprint density at radius 1 is 1.00 bits per heavy atom. The lowest BCUT2D eigenvalue weighted by molar-refractivity contribution is 0.0793. The molecule has 1 aromatic heterocycles. The second kappa shape index (κ2) is 6.40. The summed E-state index contributed by atoms with van der Waals surface area (Å²) >= 11 is 0. The number of carbonyl (C=O) groups excluding carboxylic acids is 1. The van der Waals surface area contributed by atoms with Gasteiger partial charge in [-0.2, -0.15) is 0 Å². The summed E-state index contributed by atoms with van der Waals surface area (Å²) in [5.74, 6) is 0.173. The fraction of sp³-hybridized carbons (Fsp3) is 0.318. The molecule has 1 saturated heterocycles. The summed E-state index contributed by atoms with van der Waals surface area (Å²) in [5.41, 5.74) is 5.84. The van der Waals surface area contributed by atoms with E-state index in [9.17, 15) is 4.79 Å². The zero-order valence-electron chi connectivity index (χ0n) is 15.0. The second-order valence-electron chi connectivity index (χ2n) is 7.01. The van der Waals surface area contributed by atoms with Crippen LogP contribution in [0.15, 0.2) is 48.5 Å². The smallest absolute Gasteiger partial charge is 0.253 e. The number of aryl methyl sites for hydroxylation is 1. The van der Waals surface area contributed by atoms with Crippen LogP contribution in [0.1, 0.15) is 40.0 Å². The molecule has 2 heterocycles. The van der Waals surface area contributed by atoms with Crippen molar-refractivity contribution >= 4 is 16.8 Å². The first-order chi connectivity index (χ1) is 12.1. The zero-order valence-corrected chi connectivity index (χ0v) is 15.0. The number of carbonyl (C=O) groups is 1. The highest BCUT2D eigenvalue weighted by atomic mass is 16.2. The molecule has 3 aromatic rings. The fourth-order valence-corrected chi connectivity index (χ4v) is 3.86. The van der Waals surface area contributed by atoms with Gasteiger partial charge in [-0.3, -0.25) is 4.79 Å². The third kappa shape index (κ3) is 2.84. The van der Waals surface area contributed by atoms with Crippen LogP contribution in [0.3, 0.4) is 0 Å². The molecule has 0 aliphatic carbocycles. The topological polar surface area (TPSA) is 25.2 Å². The van der Waals surface area contributed by atoms with Crippen molar-refractivity contribution < 1.29 is 4.79 Å². The Morgan fingerprint density at radius 3 is 2.44 bits per heavy atom. The maximum absolute atomic E-state index is 12.7. The summed E-state index contributed by atoms with van der Waals surface area (Å²) in [6, 6.07) is 16.7. The van der Waals surface area contributed by atoms with Crippen molar-refractivity contribution in [2.45, 2.75) is 33.2 Å². The molecule has 25 heavy (non-hydrogen) atoms. The molecule has 0 saturated carbocycles. The van der Waals surface area contributed by atoms with Crippen molar-refractivity contribution in [1.29, 1.82) is 0 Å². The minimum absolute atomic E-state index is 0.173. The molecule has 2 aromatic carbocycles. The van der Waals surface area contributed by atoms with Crippen LogP contribution < -0.4 is 0 Å². The number of fused-ring (bicyclic) bond motifs is 1. The van der Waals surface area contributed by atoms with Gasteiger partial charge in [0.1, 0.15) is 0 Å². The van der Waals surface area contributed by atoms with E-state index in [1.807, 2.05) is 17.0 Å². The summed E-state index contributed by atoms with van der Waals surface area (Å²) in [4.78, 5) is 14.7. The molecule has 1 aliphatic rings. The Bertz CT molecular complexity index is 918. The molecule has 0 radical (unpaired) electrons. The molecular weight excluding hydrogens is 308 g/mol. The summed E-state index contributed by atoms with van der Waals surface area (Å²) < 4.78 is 2.35. The predicted molar refractivity (Wildman–Crippen MR) is 102 cm³/mol. The quantitative estimate of drug-likeness (QED) is 0.691. The van der Waals surface area contributed by atoms with Gasteiger partial charge in [0.05, 0.1) is 0 Å². The average Bonchev–Trinajstić information content (AvgIpc) is 3.26. The molecule has 3 heteroatoms. The van der Waals surface area contributed by atoms with Gasteiger partial charge in [0.25, 0.3) is 5.91 Å². The van der Waals surface area contributed by atoms with Crippen molar-refractivity contribution in [3.05, 3.63) is 70.9 Å². The SMILES string of the molecule is Cc1c(C)n(Cc2ccccc2)c2ccc(C(=O)N3CCCC3)cc12. The summed E-state index contributed by atoms with van der Waals surface area (Å²) in [6.45, 7) is 6.97. The van der Waals surface area contributed by atoms with Crippen LogP contribution in [0, 0.1) is 13.8 Å². The Kier molecular flexibility index (Phi) is 4.08. The molecule has 1 aliphatic heterocycles. The van der Waals surface area contributed by atoms with E-state index in [2.05, 4.69) is 54.8 Å². The monoisotopic (exact) mass is 332 g/mol. The van der Waals surface area contributed by atoms with Crippen LogP contribution in [0.5, 0.6) is 0 Å². The number of hydrogen-bond donors (Lipinski definition) is 0. The fourth-order valence-electron chi connectivity index (χ4n) is 3.86. The molecule has 0 bridgehead atoms. The van der Waals surface area contributed by atoms with Gasteiger partial charge in [0, 0.05) is 41.8 Å². The van der Waals surface area contributed by atoms with Gasteiger partial charge in [-0.05, 0) is 56.0 Å². The van der Waals surface area contributed by atoms with Crippen LogP contribution in [-0.4, -0.2) is 28.5 Å². The number of amides is 1. The average molecular weight is 332 g/mol. The van der Waals surface area contributed by atoms with E-state index in [-0.39, 0.29) is 5.91 Å². The molecule has 4 rings (SSSR count). The van der Waals surface area contributed by atoms with E-state index in [1.165, 1.54) is 27.7 Å². The van der Waals surface area contributed by atoms with E-state index in [4.69, 9.17) is 0 Å². The summed E-state index contributed by atoms with van der Waals surface area (Å²) in [6.07, 6.45) is 2.25. The van der Waals surface area contributed by atoms with Gasteiger partial charge >= 0.3 is 0 Å². The Balaban J connectivity index is 1.74. The molecule has 128 valence electrons. The Hall–Kier alpha value is -2.55. The maximum Gasteiger partial charge on any atom is 0.253 e. The lowest BCUT2D eigenvalue weighted by atomic mass is 10.1. The largest absolute Gasteiger partial charge is 0.340 e. The number of benzene rings is 2. The Morgan fingerprint density at radius 2 is 1.72 bits per heavy atom. The molecule has 1 fully saturated rings. The van der Waals surface area contributed by atoms with Crippen LogP contribution in [0.4, 0.5) is 0 Å². The molecule has 1 amide bonds. The highest BCUT2D eigenvalue weighted by Crippen LogP contribution is 2.28. The first kappa shape index (κ1) is 15.9. The highest BCUT2D eigenvalue weighted by Gasteiger charge is 2.21. The van der Waals surface area contributed by atoms with Gasteiger partial charge in [-0.1, -0.05) is 30.3 Å². The number of likely N-dealkylation sites (tertiary alicyclic amines) is 1. The number of hydrogen-bond acceptors (Lipinski definition) is 1. The van der Waals surface area contributed by atoms with Gasteiger partial charge in [-0.15, -0.1) is 0 Å². The molecule has 0 spiro atoms. The number of aromatic nitrogens is 1. The van der Waals surface area contributed by atoms with Gasteiger partial charge in [-0.25, -0.2) is 0 Å². The van der Waals surface area contributed by atoms with Crippen molar-refractivity contribution in [2.24, 2.45) is 0 Å². The minimum Gasteiger partial charge on any atom is -0.340 e. The first-order valence-corrected chi connectivity index (χ1v) is 9.08. The second-order valence-corrected chi connectivity index (χ2v) is 7.01. The molecule has 0 unspecified atom stereocenters. The summed E-state index contributed by atoms with van der Waals surface area (Å²) in [5, 5.41) is 1.19. The third-order valence-electron chi connectivity index (χ3n) is 5.46. The number of rotatable bonds is 3. The van der Waals surface area contributed by atoms with Crippen molar-refractivity contribution in [1.82, 2.24) is 9.47 Å². The molecule has 3 nitrogen and oxygen atoms in total. The lowest BCUT2D eigenvalue weighted by Gasteiger charge is -2.15. The van der Waals surface area contributed by atoms with E-state index in [0.29, 0.717) is 0 Å². The predicted octanol–water partition coefficient (Wildman–Crippen LogP) is 4.54. The van der Waals surface area contributed by atoms with Gasteiger partial charge in [0.15, 0.2) is 0 Å². The number of nitrogens with zero attached hydrogens (tertiary/aromatic N) is 2. The summed E-state index contributed by atoms with van der Waals surface area (Å²) in [7, 11) is 0. The normalized spacial score (nSPS) is 14.4. The van der Waals surface area contributed by atoms with Crippen LogP contribution in [0.25, 0.3) is 10.9 Å². The van der Waals surface area contributed by atoms with Gasteiger partial charge in [0.2, 0.25) is 0 Å². The van der Waals surface area contributed by atoms with Crippen LogP contribution in [-0.2, 0) is 6.54 Å². The standard InChI is InChI=1S/C22H24N2O/c1-16-17(2)24(15-18-8-4-3-5-9-18)21-11-10-19(14-20(16)21)22(25)23-12-6-7-13-23/h3-5,8-11,14H,6-7,12-13,15H2,1-2H3.